The van der Waals surface area contributed by atoms with Crippen LogP contribution in [0.1, 0.15) is 84.7 Å². The Bertz CT molecular complexity index is 1610. The van der Waals surface area contributed by atoms with Gasteiger partial charge in [0.05, 0.1) is 28.5 Å². The van der Waals surface area contributed by atoms with Gasteiger partial charge in [-0.2, -0.15) is 0 Å². The molecule has 10 heteroatoms. The van der Waals surface area contributed by atoms with Gasteiger partial charge in [0.15, 0.2) is 5.69 Å². The topological polar surface area (TPSA) is 103 Å². The van der Waals surface area contributed by atoms with Gasteiger partial charge in [-0.25, -0.2) is 9.78 Å². The summed E-state index contributed by atoms with van der Waals surface area (Å²) in [5.41, 5.74) is 3.96. The van der Waals surface area contributed by atoms with Gasteiger partial charge >= 0.3 is 5.97 Å². The second kappa shape index (κ2) is 9.72. The van der Waals surface area contributed by atoms with Gasteiger partial charge in [0, 0.05) is 35.6 Å². The van der Waals surface area contributed by atoms with Crippen molar-refractivity contribution < 1.29 is 19.2 Å². The number of hydrogen-bond acceptors (Lipinski definition) is 6. The Morgan fingerprint density at radius 1 is 1.10 bits per heavy atom. The SMILES string of the molecule is O=C(O)c1cnc2ccc(/C=C/C34CCC(OCc5c(-c6c(Cl)cncc6Cl)noc5C5CC5)(CC3)CC4)cn12. The molecule has 0 unspecified atom stereocenters. The van der Waals surface area contributed by atoms with Crippen LogP contribution in [-0.2, 0) is 11.3 Å². The molecule has 4 saturated carbocycles. The maximum Gasteiger partial charge on any atom is 0.354 e. The predicted molar refractivity (Wildman–Crippen MR) is 151 cm³/mol. The maximum absolute atomic E-state index is 11.5. The summed E-state index contributed by atoms with van der Waals surface area (Å²) in [5, 5.41) is 14.7. The molecule has 4 fully saturated rings. The van der Waals surface area contributed by atoms with Crippen LogP contribution in [0.2, 0.25) is 10.0 Å². The predicted octanol–water partition coefficient (Wildman–Crippen LogP) is 7.59. The molecule has 4 heterocycles. The molecule has 4 aromatic rings. The first kappa shape index (κ1) is 25.7. The molecule has 8 nitrogen and oxygen atoms in total. The average Bonchev–Trinajstić information content (AvgIpc) is 3.58. The number of aromatic nitrogens is 4. The van der Waals surface area contributed by atoms with Crippen LogP contribution >= 0.6 is 23.2 Å². The van der Waals surface area contributed by atoms with Crippen LogP contribution in [0.15, 0.2) is 47.5 Å². The van der Waals surface area contributed by atoms with Gasteiger partial charge in [0.2, 0.25) is 0 Å². The van der Waals surface area contributed by atoms with Crippen molar-refractivity contribution in [2.45, 2.75) is 69.5 Å². The number of carboxylic acid groups (broad SMARTS) is 1. The van der Waals surface area contributed by atoms with Crippen LogP contribution in [0.25, 0.3) is 23.0 Å². The van der Waals surface area contributed by atoms with Gasteiger partial charge in [0.1, 0.15) is 17.1 Å². The van der Waals surface area contributed by atoms with Crippen molar-refractivity contribution in [1.82, 2.24) is 19.5 Å². The van der Waals surface area contributed by atoms with E-state index in [9.17, 15) is 9.90 Å². The van der Waals surface area contributed by atoms with E-state index in [1.54, 1.807) is 16.8 Å². The number of halogens is 2. The van der Waals surface area contributed by atoms with Crippen LogP contribution in [0.4, 0.5) is 0 Å². The van der Waals surface area contributed by atoms with Gasteiger partial charge < -0.3 is 14.4 Å². The molecule has 40 heavy (non-hydrogen) atoms. The zero-order chi connectivity index (χ0) is 27.5. The third-order valence-corrected chi connectivity index (χ3v) is 9.57. The minimum absolute atomic E-state index is 0.129. The van der Waals surface area contributed by atoms with Gasteiger partial charge in [-0.15, -0.1) is 0 Å². The summed E-state index contributed by atoms with van der Waals surface area (Å²) in [6.07, 6.45) is 19.1. The first-order valence-electron chi connectivity index (χ1n) is 13.7. The molecule has 0 amide bonds. The average molecular weight is 579 g/mol. The van der Waals surface area contributed by atoms with Crippen molar-refractivity contribution in [3.05, 3.63) is 75.6 Å². The summed E-state index contributed by atoms with van der Waals surface area (Å²) in [5.74, 6) is 0.276. The smallest absolute Gasteiger partial charge is 0.354 e. The Morgan fingerprint density at radius 3 is 2.50 bits per heavy atom. The number of nitrogens with zero attached hydrogens (tertiary/aromatic N) is 4. The molecular formula is C30H28Cl2N4O4. The molecule has 8 rings (SSSR count). The highest BCUT2D eigenvalue weighted by molar-refractivity contribution is 6.38. The third kappa shape index (κ3) is 4.52. The van der Waals surface area contributed by atoms with Crippen molar-refractivity contribution in [3.8, 4) is 11.3 Å². The molecule has 0 saturated heterocycles. The summed E-state index contributed by atoms with van der Waals surface area (Å²) in [6.45, 7) is 0.416. The number of aromatic carboxylic acids is 1. The highest BCUT2D eigenvalue weighted by Crippen LogP contribution is 2.55. The standard InChI is InChI=1S/C30H28Cl2N4O4/c31-21-13-33-14-22(32)25(21)26-20(27(40-35-26)19-2-3-19)17-39-30-10-7-29(8-11-30,9-12-30)6-5-18-1-4-24-34-15-23(28(37)38)36(24)16-18/h1,4-6,13-16,19H,2-3,7-12,17H2,(H,37,38)/b6-5+. The van der Waals surface area contributed by atoms with E-state index < -0.39 is 5.97 Å². The van der Waals surface area contributed by atoms with E-state index in [4.69, 9.17) is 32.5 Å². The number of imidazole rings is 1. The summed E-state index contributed by atoms with van der Waals surface area (Å²) < 4.78 is 14.2. The number of carboxylic acids is 1. The quantitative estimate of drug-likeness (QED) is 0.229. The van der Waals surface area contributed by atoms with E-state index in [0.29, 0.717) is 39.5 Å². The second-order valence-corrected chi connectivity index (χ2v) is 12.2. The number of hydrogen-bond donors (Lipinski definition) is 1. The lowest BCUT2D eigenvalue weighted by Gasteiger charge is -2.52. The van der Waals surface area contributed by atoms with Crippen molar-refractivity contribution in [3.63, 3.8) is 0 Å². The van der Waals surface area contributed by atoms with Crippen LogP contribution in [-0.4, -0.2) is 36.2 Å². The number of rotatable bonds is 8. The van der Waals surface area contributed by atoms with Crippen LogP contribution < -0.4 is 0 Å². The van der Waals surface area contributed by atoms with Crippen molar-refractivity contribution in [1.29, 1.82) is 0 Å². The highest BCUT2D eigenvalue weighted by atomic mass is 35.5. The highest BCUT2D eigenvalue weighted by Gasteiger charge is 2.48. The summed E-state index contributed by atoms with van der Waals surface area (Å²) >= 11 is 13.0. The number of allylic oxidation sites excluding steroid dienone is 1. The van der Waals surface area contributed by atoms with Crippen LogP contribution in [0.3, 0.4) is 0 Å². The lowest BCUT2D eigenvalue weighted by molar-refractivity contribution is -0.133. The molecule has 206 valence electrons. The van der Waals surface area contributed by atoms with Gasteiger partial charge in [-0.3, -0.25) is 9.38 Å². The molecule has 0 spiro atoms. The fourth-order valence-corrected chi connectivity index (χ4v) is 6.90. The van der Waals surface area contributed by atoms with E-state index >= 15 is 0 Å². The Kier molecular flexibility index (Phi) is 6.25. The Morgan fingerprint density at radius 2 is 1.82 bits per heavy atom. The minimum atomic E-state index is -0.988. The van der Waals surface area contributed by atoms with Crippen molar-refractivity contribution >= 4 is 40.9 Å². The lowest BCUT2D eigenvalue weighted by atomic mass is 9.58. The normalized spacial score (nSPS) is 24.4. The maximum atomic E-state index is 11.5. The monoisotopic (exact) mass is 578 g/mol. The zero-order valence-electron chi connectivity index (χ0n) is 21.8. The van der Waals surface area contributed by atoms with Gasteiger partial charge in [-0.05, 0) is 74.5 Å². The number of pyridine rings is 2. The number of fused-ring (bicyclic) bond motifs is 4. The van der Waals surface area contributed by atoms with E-state index in [0.717, 1.165) is 68.3 Å². The summed E-state index contributed by atoms with van der Waals surface area (Å²) in [6, 6.07) is 3.83. The fraction of sp³-hybridized carbons (Fsp3) is 0.400. The first-order chi connectivity index (χ1) is 19.4. The summed E-state index contributed by atoms with van der Waals surface area (Å²) in [4.78, 5) is 19.8. The number of carbonyl (C=O) groups is 1. The van der Waals surface area contributed by atoms with E-state index in [2.05, 4.69) is 27.3 Å². The Balaban J connectivity index is 1.07. The van der Waals surface area contributed by atoms with Gasteiger partial charge in [0.25, 0.3) is 0 Å². The molecule has 1 N–H and O–H groups in total. The molecule has 0 aromatic carbocycles. The van der Waals surface area contributed by atoms with Crippen LogP contribution in [0, 0.1) is 5.41 Å². The Labute approximate surface area is 241 Å². The molecule has 4 aliphatic carbocycles. The first-order valence-corrected chi connectivity index (χ1v) is 14.4. The van der Waals surface area contributed by atoms with E-state index in [1.807, 2.05) is 18.3 Å². The van der Waals surface area contributed by atoms with Gasteiger partial charge in [-0.1, -0.05) is 40.5 Å². The van der Waals surface area contributed by atoms with Crippen LogP contribution in [0.5, 0.6) is 0 Å². The largest absolute Gasteiger partial charge is 0.477 e. The minimum Gasteiger partial charge on any atom is -0.477 e. The van der Waals surface area contributed by atoms with Crippen molar-refractivity contribution in [2.75, 3.05) is 0 Å². The van der Waals surface area contributed by atoms with E-state index in [-0.39, 0.29) is 16.7 Å². The molecule has 0 atom stereocenters. The molecule has 2 bridgehead atoms. The molecular weight excluding hydrogens is 551 g/mol. The van der Waals surface area contributed by atoms with Crippen molar-refractivity contribution in [2.24, 2.45) is 5.41 Å². The second-order valence-electron chi connectivity index (χ2n) is 11.4. The molecule has 4 aromatic heterocycles. The lowest BCUT2D eigenvalue weighted by Crippen LogP contribution is -2.46. The molecule has 0 radical (unpaired) electrons. The Hall–Kier alpha value is -3.20. The fourth-order valence-electron chi connectivity index (χ4n) is 6.36. The molecule has 4 aliphatic rings. The third-order valence-electron chi connectivity index (χ3n) is 8.99. The molecule has 0 aliphatic heterocycles. The summed E-state index contributed by atoms with van der Waals surface area (Å²) in [7, 11) is 0. The number of ether oxygens (including phenoxy) is 1. The zero-order valence-corrected chi connectivity index (χ0v) is 23.3. The van der Waals surface area contributed by atoms with E-state index in [1.165, 1.54) is 6.20 Å².